The van der Waals surface area contributed by atoms with Crippen molar-refractivity contribution in [3.8, 4) is 18.1 Å². The highest BCUT2D eigenvalue weighted by molar-refractivity contribution is 5.77. The zero-order valence-electron chi connectivity index (χ0n) is 9.73. The van der Waals surface area contributed by atoms with Crippen molar-refractivity contribution >= 4 is 5.91 Å². The molecule has 4 heteroatoms. The minimum Gasteiger partial charge on any atom is -0.484 e. The first-order valence-electron chi connectivity index (χ1n) is 5.17. The fourth-order valence-corrected chi connectivity index (χ4v) is 1.24. The molecule has 0 aliphatic carbocycles. The first-order valence-corrected chi connectivity index (χ1v) is 5.17. The quantitative estimate of drug-likeness (QED) is 0.744. The summed E-state index contributed by atoms with van der Waals surface area (Å²) in [6.45, 7) is 0.685. The summed E-state index contributed by atoms with van der Waals surface area (Å²) in [6, 6.07) is 7.39. The van der Waals surface area contributed by atoms with Crippen LogP contribution in [0.15, 0.2) is 24.3 Å². The van der Waals surface area contributed by atoms with Gasteiger partial charge >= 0.3 is 0 Å². The van der Waals surface area contributed by atoms with E-state index >= 15 is 0 Å². The molecule has 1 aromatic rings. The van der Waals surface area contributed by atoms with E-state index in [9.17, 15) is 4.79 Å². The van der Waals surface area contributed by atoms with Crippen LogP contribution in [-0.2, 0) is 16.1 Å². The number of benzene rings is 1. The molecule has 0 aliphatic rings. The fourth-order valence-electron chi connectivity index (χ4n) is 1.24. The van der Waals surface area contributed by atoms with E-state index in [1.54, 1.807) is 13.2 Å². The molecule has 4 nitrogen and oxygen atoms in total. The highest BCUT2D eigenvalue weighted by Gasteiger charge is 2.02. The lowest BCUT2D eigenvalue weighted by molar-refractivity contribution is -0.122. The van der Waals surface area contributed by atoms with E-state index in [0.717, 1.165) is 5.56 Å². The predicted molar refractivity (Wildman–Crippen MR) is 64.5 cm³/mol. The van der Waals surface area contributed by atoms with Crippen LogP contribution in [-0.4, -0.2) is 26.2 Å². The molecule has 0 unspecified atom stereocenters. The molecule has 0 fully saturated rings. The molecule has 0 saturated carbocycles. The van der Waals surface area contributed by atoms with E-state index in [0.29, 0.717) is 12.4 Å². The van der Waals surface area contributed by atoms with Crippen molar-refractivity contribution in [2.24, 2.45) is 0 Å². The molecule has 1 rings (SSSR count). The van der Waals surface area contributed by atoms with Crippen molar-refractivity contribution in [2.45, 2.75) is 6.61 Å². The molecular weight excluding hydrogens is 218 g/mol. The lowest BCUT2D eigenvalue weighted by Gasteiger charge is -2.07. The van der Waals surface area contributed by atoms with Gasteiger partial charge < -0.3 is 14.8 Å². The van der Waals surface area contributed by atoms with Crippen LogP contribution in [0.3, 0.4) is 0 Å². The smallest absolute Gasteiger partial charge is 0.258 e. The monoisotopic (exact) mass is 233 g/mol. The van der Waals surface area contributed by atoms with E-state index in [2.05, 4.69) is 11.2 Å². The number of carbonyl (C=O) groups is 1. The number of carbonyl (C=O) groups excluding carboxylic acids is 1. The van der Waals surface area contributed by atoms with E-state index in [1.165, 1.54) is 0 Å². The maximum atomic E-state index is 11.2. The number of nitrogens with one attached hydrogen (secondary N) is 1. The van der Waals surface area contributed by atoms with E-state index < -0.39 is 0 Å². The second-order valence-corrected chi connectivity index (χ2v) is 3.35. The summed E-state index contributed by atoms with van der Waals surface area (Å²) in [5.41, 5.74) is 0.994. The average Bonchev–Trinajstić information content (AvgIpc) is 2.35. The van der Waals surface area contributed by atoms with Crippen LogP contribution < -0.4 is 10.1 Å². The highest BCUT2D eigenvalue weighted by Crippen LogP contribution is 2.13. The molecule has 90 valence electrons. The predicted octanol–water partition coefficient (Wildman–Crippen LogP) is 0.961. The van der Waals surface area contributed by atoms with E-state index in [4.69, 9.17) is 15.9 Å². The van der Waals surface area contributed by atoms with Gasteiger partial charge in [0, 0.05) is 7.11 Å². The standard InChI is InChI=1S/C13H15NO3/c1-3-7-14-13(15)10-17-12-6-4-5-11(8-12)9-16-2/h1,4-6,8H,7,9-10H2,2H3,(H,14,15). The van der Waals surface area contributed by atoms with Crippen molar-refractivity contribution in [1.29, 1.82) is 0 Å². The fraction of sp³-hybridized carbons (Fsp3) is 0.308. The van der Waals surface area contributed by atoms with E-state index in [-0.39, 0.29) is 19.1 Å². The second-order valence-electron chi connectivity index (χ2n) is 3.35. The van der Waals surface area contributed by atoms with Crippen molar-refractivity contribution in [2.75, 3.05) is 20.3 Å². The Kier molecular flexibility index (Phi) is 5.62. The van der Waals surface area contributed by atoms with Crippen LogP contribution in [0, 0.1) is 12.3 Å². The number of ether oxygens (including phenoxy) is 2. The largest absolute Gasteiger partial charge is 0.484 e. The summed E-state index contributed by atoms with van der Waals surface area (Å²) >= 11 is 0. The molecule has 0 spiro atoms. The lowest BCUT2D eigenvalue weighted by atomic mass is 10.2. The van der Waals surface area contributed by atoms with Gasteiger partial charge in [0.1, 0.15) is 5.75 Å². The number of methoxy groups -OCH3 is 1. The molecular formula is C13H15NO3. The first kappa shape index (κ1) is 13.1. The van der Waals surface area contributed by atoms with Crippen LogP contribution in [0.1, 0.15) is 5.56 Å². The SMILES string of the molecule is C#CCNC(=O)COc1cccc(COC)c1. The van der Waals surface area contributed by atoms with Gasteiger partial charge in [-0.1, -0.05) is 18.1 Å². The van der Waals surface area contributed by atoms with Crippen molar-refractivity contribution in [3.63, 3.8) is 0 Å². The van der Waals surface area contributed by atoms with Gasteiger partial charge in [0.15, 0.2) is 6.61 Å². The van der Waals surface area contributed by atoms with Gasteiger partial charge in [-0.2, -0.15) is 0 Å². The minimum absolute atomic E-state index is 0.0435. The Bertz CT molecular complexity index is 409. The van der Waals surface area contributed by atoms with Gasteiger partial charge in [0.25, 0.3) is 5.91 Å². The zero-order chi connectivity index (χ0) is 12.5. The van der Waals surface area contributed by atoms with Gasteiger partial charge in [-0.05, 0) is 17.7 Å². The second kappa shape index (κ2) is 7.31. The van der Waals surface area contributed by atoms with Gasteiger partial charge in [-0.15, -0.1) is 6.42 Å². The summed E-state index contributed by atoms with van der Waals surface area (Å²) in [4.78, 5) is 11.2. The van der Waals surface area contributed by atoms with Crippen LogP contribution >= 0.6 is 0 Å². The molecule has 0 heterocycles. The Labute approximate surface area is 101 Å². The van der Waals surface area contributed by atoms with Crippen LogP contribution in [0.25, 0.3) is 0 Å². The molecule has 1 N–H and O–H groups in total. The number of rotatable bonds is 6. The van der Waals surface area contributed by atoms with Crippen LogP contribution in [0.5, 0.6) is 5.75 Å². The Hall–Kier alpha value is -1.99. The topological polar surface area (TPSA) is 47.6 Å². The summed E-state index contributed by atoms with van der Waals surface area (Å²) in [5, 5.41) is 2.52. The maximum Gasteiger partial charge on any atom is 0.258 e. The molecule has 0 aromatic heterocycles. The van der Waals surface area contributed by atoms with Crippen LogP contribution in [0.4, 0.5) is 0 Å². The Balaban J connectivity index is 2.43. The maximum absolute atomic E-state index is 11.2. The molecule has 0 saturated heterocycles. The van der Waals surface area contributed by atoms with E-state index in [1.807, 2.05) is 18.2 Å². The average molecular weight is 233 g/mol. The Morgan fingerprint density at radius 3 is 3.06 bits per heavy atom. The third-order valence-electron chi connectivity index (χ3n) is 1.97. The summed E-state index contributed by atoms with van der Waals surface area (Å²) < 4.78 is 10.3. The van der Waals surface area contributed by atoms with Crippen molar-refractivity contribution < 1.29 is 14.3 Å². The van der Waals surface area contributed by atoms with Gasteiger partial charge in [0.2, 0.25) is 0 Å². The molecule has 17 heavy (non-hydrogen) atoms. The molecule has 0 bridgehead atoms. The molecule has 0 atom stereocenters. The summed E-state index contributed by atoms with van der Waals surface area (Å²) in [5.74, 6) is 2.72. The molecule has 0 aliphatic heterocycles. The van der Waals surface area contributed by atoms with Gasteiger partial charge in [-0.3, -0.25) is 4.79 Å². The summed E-state index contributed by atoms with van der Waals surface area (Å²) in [7, 11) is 1.63. The Morgan fingerprint density at radius 2 is 2.35 bits per heavy atom. The lowest BCUT2D eigenvalue weighted by Crippen LogP contribution is -2.29. The van der Waals surface area contributed by atoms with Crippen LogP contribution in [0.2, 0.25) is 0 Å². The number of hydrogen-bond acceptors (Lipinski definition) is 3. The minimum atomic E-state index is -0.236. The molecule has 1 aromatic carbocycles. The third-order valence-corrected chi connectivity index (χ3v) is 1.97. The van der Waals surface area contributed by atoms with Gasteiger partial charge in [0.05, 0.1) is 13.2 Å². The number of hydrogen-bond donors (Lipinski definition) is 1. The zero-order valence-corrected chi connectivity index (χ0v) is 9.73. The first-order chi connectivity index (χ1) is 8.26. The summed E-state index contributed by atoms with van der Waals surface area (Å²) in [6.07, 6.45) is 5.02. The number of terminal acetylenes is 1. The normalized spacial score (nSPS) is 9.41. The van der Waals surface area contributed by atoms with Crippen molar-refractivity contribution in [3.05, 3.63) is 29.8 Å². The van der Waals surface area contributed by atoms with Gasteiger partial charge in [-0.25, -0.2) is 0 Å². The third kappa shape index (κ3) is 5.05. The van der Waals surface area contributed by atoms with Crippen molar-refractivity contribution in [1.82, 2.24) is 5.32 Å². The highest BCUT2D eigenvalue weighted by atomic mass is 16.5. The Morgan fingerprint density at radius 1 is 1.53 bits per heavy atom. The number of amides is 1. The molecule has 1 amide bonds. The molecule has 0 radical (unpaired) electrons.